The summed E-state index contributed by atoms with van der Waals surface area (Å²) in [6, 6.07) is 0. The average Bonchev–Trinajstić information content (AvgIpc) is 2.46. The standard InChI is InChI=1S/C18H25NO3/c1-10-11(2)17-15(12(3)16(10)21)14(9-19-13(4)20)8-18(22-17)6-5-7-18/h14,21H,5-9H2,1-4H3,(H,19,20). The second kappa shape index (κ2) is 5.18. The van der Waals surface area contributed by atoms with Crippen molar-refractivity contribution in [2.24, 2.45) is 0 Å². The number of phenols is 1. The van der Waals surface area contributed by atoms with Crippen molar-refractivity contribution >= 4 is 5.91 Å². The van der Waals surface area contributed by atoms with Gasteiger partial charge in [-0.3, -0.25) is 4.79 Å². The fraction of sp³-hybridized carbons (Fsp3) is 0.611. The molecule has 1 saturated carbocycles. The summed E-state index contributed by atoms with van der Waals surface area (Å²) in [6.45, 7) is 8.05. The first-order valence-electron chi connectivity index (χ1n) is 8.11. The number of phenolic OH excluding ortho intramolecular Hbond substituents is 1. The van der Waals surface area contributed by atoms with Crippen molar-refractivity contribution in [1.29, 1.82) is 0 Å². The lowest BCUT2D eigenvalue weighted by Gasteiger charge is -2.49. The van der Waals surface area contributed by atoms with Crippen LogP contribution in [0.15, 0.2) is 0 Å². The normalized spacial score (nSPS) is 21.7. The lowest BCUT2D eigenvalue weighted by Crippen LogP contribution is -2.48. The highest BCUT2D eigenvalue weighted by atomic mass is 16.5. The van der Waals surface area contributed by atoms with Gasteiger partial charge in [0.2, 0.25) is 5.91 Å². The summed E-state index contributed by atoms with van der Waals surface area (Å²) in [5, 5.41) is 13.3. The maximum atomic E-state index is 11.3. The number of carbonyl (C=O) groups is 1. The van der Waals surface area contributed by atoms with Gasteiger partial charge in [0.25, 0.3) is 0 Å². The van der Waals surface area contributed by atoms with Gasteiger partial charge in [-0.1, -0.05) is 0 Å². The molecule has 1 unspecified atom stereocenters. The van der Waals surface area contributed by atoms with Crippen LogP contribution >= 0.6 is 0 Å². The Labute approximate surface area is 131 Å². The molecular formula is C18H25NO3. The number of rotatable bonds is 2. The van der Waals surface area contributed by atoms with Crippen LogP contribution in [-0.2, 0) is 4.79 Å². The van der Waals surface area contributed by atoms with Gasteiger partial charge in [-0.2, -0.15) is 0 Å². The highest BCUT2D eigenvalue weighted by Gasteiger charge is 2.46. The SMILES string of the molecule is CC(=O)NCC1CC2(CCC2)Oc2c(C)c(C)c(O)c(C)c21. The molecule has 0 radical (unpaired) electrons. The number of benzene rings is 1. The molecule has 22 heavy (non-hydrogen) atoms. The molecule has 1 aromatic carbocycles. The van der Waals surface area contributed by atoms with E-state index < -0.39 is 0 Å². The van der Waals surface area contributed by atoms with Gasteiger partial charge in [-0.25, -0.2) is 0 Å². The van der Waals surface area contributed by atoms with Crippen LogP contribution in [0.25, 0.3) is 0 Å². The summed E-state index contributed by atoms with van der Waals surface area (Å²) in [5.41, 5.74) is 3.83. The molecule has 1 aliphatic carbocycles. The number of nitrogens with one attached hydrogen (secondary N) is 1. The third kappa shape index (κ3) is 2.25. The Bertz CT molecular complexity index is 632. The van der Waals surface area contributed by atoms with Crippen LogP contribution in [0, 0.1) is 20.8 Å². The van der Waals surface area contributed by atoms with Crippen molar-refractivity contribution in [3.05, 3.63) is 22.3 Å². The van der Waals surface area contributed by atoms with Crippen molar-refractivity contribution in [3.63, 3.8) is 0 Å². The minimum Gasteiger partial charge on any atom is -0.507 e. The van der Waals surface area contributed by atoms with E-state index >= 15 is 0 Å². The molecule has 120 valence electrons. The van der Waals surface area contributed by atoms with E-state index in [4.69, 9.17) is 4.74 Å². The first-order valence-corrected chi connectivity index (χ1v) is 8.11. The Morgan fingerprint density at radius 1 is 1.27 bits per heavy atom. The van der Waals surface area contributed by atoms with Crippen molar-refractivity contribution < 1.29 is 14.6 Å². The molecule has 3 rings (SSSR count). The smallest absolute Gasteiger partial charge is 0.216 e. The van der Waals surface area contributed by atoms with Crippen molar-refractivity contribution in [3.8, 4) is 11.5 Å². The van der Waals surface area contributed by atoms with E-state index in [1.807, 2.05) is 20.8 Å². The first kappa shape index (κ1) is 15.2. The van der Waals surface area contributed by atoms with Gasteiger partial charge >= 0.3 is 0 Å². The highest BCUT2D eigenvalue weighted by molar-refractivity contribution is 5.73. The molecule has 1 fully saturated rings. The highest BCUT2D eigenvalue weighted by Crippen LogP contribution is 2.53. The molecule has 0 saturated heterocycles. The maximum absolute atomic E-state index is 11.3. The monoisotopic (exact) mass is 303 g/mol. The molecular weight excluding hydrogens is 278 g/mol. The van der Waals surface area contributed by atoms with Crippen LogP contribution in [0.2, 0.25) is 0 Å². The van der Waals surface area contributed by atoms with Crippen LogP contribution in [0.5, 0.6) is 11.5 Å². The van der Waals surface area contributed by atoms with Crippen molar-refractivity contribution in [2.75, 3.05) is 6.54 Å². The minimum atomic E-state index is -0.0588. The molecule has 4 nitrogen and oxygen atoms in total. The summed E-state index contributed by atoms with van der Waals surface area (Å²) in [5.74, 6) is 1.49. The molecule has 1 heterocycles. The Morgan fingerprint density at radius 2 is 1.95 bits per heavy atom. The number of hydrogen-bond donors (Lipinski definition) is 2. The second-order valence-electron chi connectivity index (χ2n) is 6.94. The van der Waals surface area contributed by atoms with Gasteiger partial charge in [-0.05, 0) is 63.1 Å². The topological polar surface area (TPSA) is 58.6 Å². The van der Waals surface area contributed by atoms with Crippen LogP contribution in [-0.4, -0.2) is 23.2 Å². The lowest BCUT2D eigenvalue weighted by molar-refractivity contribution is -0.119. The molecule has 1 atom stereocenters. The quantitative estimate of drug-likeness (QED) is 0.882. The van der Waals surface area contributed by atoms with Crippen molar-refractivity contribution in [2.45, 2.75) is 64.9 Å². The Balaban J connectivity index is 2.08. The third-order valence-corrected chi connectivity index (χ3v) is 5.47. The summed E-state index contributed by atoms with van der Waals surface area (Å²) in [4.78, 5) is 11.3. The molecule has 2 N–H and O–H groups in total. The number of ether oxygens (including phenoxy) is 1. The van der Waals surface area contributed by atoms with Gasteiger partial charge in [0.1, 0.15) is 17.1 Å². The predicted octanol–water partition coefficient (Wildman–Crippen LogP) is 3.24. The van der Waals surface area contributed by atoms with Crippen LogP contribution < -0.4 is 10.1 Å². The first-order chi connectivity index (χ1) is 10.3. The Morgan fingerprint density at radius 3 is 2.50 bits per heavy atom. The predicted molar refractivity (Wildman–Crippen MR) is 85.6 cm³/mol. The number of carbonyl (C=O) groups excluding carboxylic acids is 1. The molecule has 1 aromatic rings. The van der Waals surface area contributed by atoms with Crippen LogP contribution in [0.4, 0.5) is 0 Å². The third-order valence-electron chi connectivity index (χ3n) is 5.47. The fourth-order valence-corrected chi connectivity index (χ4v) is 3.88. The summed E-state index contributed by atoms with van der Waals surface area (Å²) < 4.78 is 6.42. The van der Waals surface area contributed by atoms with E-state index in [0.717, 1.165) is 47.3 Å². The number of hydrogen-bond acceptors (Lipinski definition) is 3. The van der Waals surface area contributed by atoms with E-state index in [9.17, 15) is 9.90 Å². The maximum Gasteiger partial charge on any atom is 0.216 e. The molecule has 1 aliphatic heterocycles. The number of fused-ring (bicyclic) bond motifs is 1. The minimum absolute atomic E-state index is 0.0126. The van der Waals surface area contributed by atoms with Crippen LogP contribution in [0.3, 0.4) is 0 Å². The zero-order chi connectivity index (χ0) is 16.1. The molecule has 2 aliphatic rings. The summed E-state index contributed by atoms with van der Waals surface area (Å²) in [6.07, 6.45) is 4.29. The Hall–Kier alpha value is -1.71. The van der Waals surface area contributed by atoms with Crippen molar-refractivity contribution in [1.82, 2.24) is 5.32 Å². The van der Waals surface area contributed by atoms with Gasteiger partial charge in [-0.15, -0.1) is 0 Å². The average molecular weight is 303 g/mol. The zero-order valence-corrected chi connectivity index (χ0v) is 13.9. The fourth-order valence-electron chi connectivity index (χ4n) is 3.88. The van der Waals surface area contributed by atoms with E-state index in [1.165, 1.54) is 6.42 Å². The zero-order valence-electron chi connectivity index (χ0n) is 13.9. The van der Waals surface area contributed by atoms with E-state index in [0.29, 0.717) is 12.3 Å². The molecule has 1 amide bonds. The number of amides is 1. The summed E-state index contributed by atoms with van der Waals surface area (Å²) in [7, 11) is 0. The molecule has 4 heteroatoms. The molecule has 1 spiro atoms. The van der Waals surface area contributed by atoms with E-state index in [2.05, 4.69) is 5.32 Å². The van der Waals surface area contributed by atoms with Crippen LogP contribution in [0.1, 0.15) is 60.8 Å². The Kier molecular flexibility index (Phi) is 3.58. The molecule has 0 bridgehead atoms. The van der Waals surface area contributed by atoms with Gasteiger partial charge in [0.15, 0.2) is 0 Å². The van der Waals surface area contributed by atoms with E-state index in [-0.39, 0.29) is 17.4 Å². The lowest BCUT2D eigenvalue weighted by atomic mass is 9.69. The molecule has 0 aromatic heterocycles. The van der Waals surface area contributed by atoms with Gasteiger partial charge in [0, 0.05) is 24.9 Å². The number of aromatic hydroxyl groups is 1. The second-order valence-corrected chi connectivity index (χ2v) is 6.94. The summed E-state index contributed by atoms with van der Waals surface area (Å²) >= 11 is 0. The largest absolute Gasteiger partial charge is 0.507 e. The van der Waals surface area contributed by atoms with E-state index in [1.54, 1.807) is 6.92 Å². The van der Waals surface area contributed by atoms with Gasteiger partial charge in [0.05, 0.1) is 0 Å². The van der Waals surface area contributed by atoms with Gasteiger partial charge < -0.3 is 15.2 Å².